The third-order valence-electron chi connectivity index (χ3n) is 3.40. The lowest BCUT2D eigenvalue weighted by Crippen LogP contribution is -2.30. The number of likely N-dealkylation sites (N-methyl/N-ethyl adjacent to an activating group) is 1. The minimum atomic E-state index is 0.0278. The lowest BCUT2D eigenvalue weighted by atomic mass is 10.1. The van der Waals surface area contributed by atoms with Crippen LogP contribution in [0.2, 0.25) is 0 Å². The maximum atomic E-state index is 12.3. The minimum absolute atomic E-state index is 0.0278. The fourth-order valence-electron chi connectivity index (χ4n) is 1.93. The maximum Gasteiger partial charge on any atom is 0.255 e. The average Bonchev–Trinajstić information content (AvgIpc) is 3.26. The lowest BCUT2D eigenvalue weighted by Gasteiger charge is -2.19. The second-order valence-electron chi connectivity index (χ2n) is 5.04. The fraction of sp³-hybridized carbons (Fsp3) is 0.533. The van der Waals surface area contributed by atoms with Crippen LogP contribution in [0, 0.1) is 5.92 Å². The Kier molecular flexibility index (Phi) is 4.80. The number of carbonyl (C=O) groups excluding carboxylic acids is 1. The number of benzene rings is 1. The summed E-state index contributed by atoms with van der Waals surface area (Å²) in [6.45, 7) is 2.08. The Balaban J connectivity index is 1.82. The van der Waals surface area contributed by atoms with Gasteiger partial charge in [-0.15, -0.1) is 0 Å². The van der Waals surface area contributed by atoms with Crippen molar-refractivity contribution < 1.29 is 9.53 Å². The molecule has 1 aromatic rings. The van der Waals surface area contributed by atoms with Crippen molar-refractivity contribution in [3.63, 3.8) is 0 Å². The summed E-state index contributed by atoms with van der Waals surface area (Å²) in [5.74, 6) is 0.797. The molecule has 1 N–H and O–H groups in total. The molecule has 1 saturated carbocycles. The molecule has 19 heavy (non-hydrogen) atoms. The van der Waals surface area contributed by atoms with Crippen LogP contribution in [0.1, 0.15) is 23.2 Å². The summed E-state index contributed by atoms with van der Waals surface area (Å²) in [4.78, 5) is 14.0. The van der Waals surface area contributed by atoms with Crippen LogP contribution in [-0.4, -0.2) is 44.7 Å². The van der Waals surface area contributed by atoms with E-state index in [1.165, 1.54) is 12.8 Å². The highest BCUT2D eigenvalue weighted by atomic mass is 16.5. The van der Waals surface area contributed by atoms with Crippen LogP contribution in [-0.2, 0) is 4.74 Å². The van der Waals surface area contributed by atoms with E-state index in [2.05, 4.69) is 5.32 Å². The summed E-state index contributed by atoms with van der Waals surface area (Å²) in [6, 6.07) is 7.55. The number of carbonyl (C=O) groups is 1. The van der Waals surface area contributed by atoms with Gasteiger partial charge in [0, 0.05) is 32.9 Å². The number of rotatable bonds is 7. The third-order valence-corrected chi connectivity index (χ3v) is 3.40. The monoisotopic (exact) mass is 262 g/mol. The predicted octanol–water partition coefficient (Wildman–Crippen LogP) is 2.23. The Bertz CT molecular complexity index is 430. The molecule has 0 aliphatic heterocycles. The van der Waals surface area contributed by atoms with Crippen molar-refractivity contribution in [2.24, 2.45) is 5.92 Å². The zero-order valence-corrected chi connectivity index (χ0v) is 11.7. The third kappa shape index (κ3) is 3.96. The molecule has 1 fully saturated rings. The number of amides is 1. The van der Waals surface area contributed by atoms with E-state index in [1.54, 1.807) is 4.90 Å². The highest BCUT2D eigenvalue weighted by Gasteiger charge is 2.21. The fourth-order valence-corrected chi connectivity index (χ4v) is 1.93. The van der Waals surface area contributed by atoms with Crippen molar-refractivity contribution in [1.82, 2.24) is 4.90 Å². The number of ether oxygens (including phenoxy) is 1. The van der Waals surface area contributed by atoms with Gasteiger partial charge in [0.25, 0.3) is 5.91 Å². The van der Waals surface area contributed by atoms with Gasteiger partial charge in [-0.3, -0.25) is 4.79 Å². The molecular formula is C15H22N2O2. The molecule has 1 amide bonds. The van der Waals surface area contributed by atoms with Crippen molar-refractivity contribution in [1.29, 1.82) is 0 Å². The zero-order valence-electron chi connectivity index (χ0n) is 11.7. The van der Waals surface area contributed by atoms with Gasteiger partial charge in [-0.05, 0) is 30.9 Å². The van der Waals surface area contributed by atoms with Crippen LogP contribution in [0.15, 0.2) is 24.3 Å². The van der Waals surface area contributed by atoms with Crippen LogP contribution in [0.3, 0.4) is 0 Å². The van der Waals surface area contributed by atoms with E-state index >= 15 is 0 Å². The molecule has 0 aromatic heterocycles. The Labute approximate surface area is 114 Å². The second kappa shape index (κ2) is 6.57. The summed E-state index contributed by atoms with van der Waals surface area (Å²) in [7, 11) is 3.64. The Morgan fingerprint density at radius 3 is 2.84 bits per heavy atom. The highest BCUT2D eigenvalue weighted by Crippen LogP contribution is 2.28. The van der Waals surface area contributed by atoms with Gasteiger partial charge >= 0.3 is 0 Å². The van der Waals surface area contributed by atoms with E-state index in [0.717, 1.165) is 18.2 Å². The van der Waals surface area contributed by atoms with E-state index in [1.807, 2.05) is 38.4 Å². The minimum Gasteiger partial charge on any atom is -0.387 e. The quantitative estimate of drug-likeness (QED) is 0.766. The standard InChI is InChI=1S/C15H22N2O2/c1-16-14-6-4-3-5-13(14)15(18)17(2)9-10-19-11-12-7-8-12/h3-6,12,16H,7-11H2,1-2H3. The average molecular weight is 262 g/mol. The van der Waals surface area contributed by atoms with Crippen LogP contribution in [0.4, 0.5) is 5.69 Å². The summed E-state index contributed by atoms with van der Waals surface area (Å²) in [5, 5.41) is 3.04. The second-order valence-corrected chi connectivity index (χ2v) is 5.04. The van der Waals surface area contributed by atoms with Gasteiger partial charge in [-0.25, -0.2) is 0 Å². The number of para-hydroxylation sites is 1. The van der Waals surface area contributed by atoms with E-state index in [-0.39, 0.29) is 5.91 Å². The molecule has 2 rings (SSSR count). The summed E-state index contributed by atoms with van der Waals surface area (Å²) >= 11 is 0. The normalized spacial score (nSPS) is 14.2. The molecule has 0 bridgehead atoms. The van der Waals surface area contributed by atoms with E-state index in [0.29, 0.717) is 18.7 Å². The van der Waals surface area contributed by atoms with Gasteiger partial charge in [0.05, 0.1) is 12.2 Å². The van der Waals surface area contributed by atoms with Gasteiger partial charge in [0.1, 0.15) is 0 Å². The molecule has 4 nitrogen and oxygen atoms in total. The molecule has 0 atom stereocenters. The van der Waals surface area contributed by atoms with E-state index in [4.69, 9.17) is 4.74 Å². The predicted molar refractivity (Wildman–Crippen MR) is 76.5 cm³/mol. The molecular weight excluding hydrogens is 240 g/mol. The summed E-state index contributed by atoms with van der Waals surface area (Å²) in [5.41, 5.74) is 1.56. The first-order valence-electron chi connectivity index (χ1n) is 6.82. The first-order valence-corrected chi connectivity index (χ1v) is 6.82. The lowest BCUT2D eigenvalue weighted by molar-refractivity contribution is 0.0682. The SMILES string of the molecule is CNc1ccccc1C(=O)N(C)CCOCC1CC1. The highest BCUT2D eigenvalue weighted by molar-refractivity contribution is 5.99. The summed E-state index contributed by atoms with van der Waals surface area (Å²) < 4.78 is 5.56. The first-order chi connectivity index (χ1) is 9.22. The van der Waals surface area contributed by atoms with Crippen molar-refractivity contribution in [3.05, 3.63) is 29.8 Å². The van der Waals surface area contributed by atoms with Gasteiger partial charge in [-0.1, -0.05) is 12.1 Å². The molecule has 0 spiro atoms. The molecule has 1 aromatic carbocycles. The number of anilines is 1. The van der Waals surface area contributed by atoms with Crippen molar-refractivity contribution in [2.45, 2.75) is 12.8 Å². The van der Waals surface area contributed by atoms with Crippen LogP contribution in [0.25, 0.3) is 0 Å². The Morgan fingerprint density at radius 1 is 1.42 bits per heavy atom. The number of hydrogen-bond acceptors (Lipinski definition) is 3. The molecule has 1 aliphatic rings. The van der Waals surface area contributed by atoms with Crippen molar-refractivity contribution in [2.75, 3.05) is 39.2 Å². The Hall–Kier alpha value is -1.55. The summed E-state index contributed by atoms with van der Waals surface area (Å²) in [6.07, 6.45) is 2.59. The van der Waals surface area contributed by atoms with Crippen molar-refractivity contribution >= 4 is 11.6 Å². The van der Waals surface area contributed by atoms with Crippen LogP contribution in [0.5, 0.6) is 0 Å². The molecule has 4 heteroatoms. The number of nitrogens with one attached hydrogen (secondary N) is 1. The maximum absolute atomic E-state index is 12.3. The smallest absolute Gasteiger partial charge is 0.255 e. The molecule has 104 valence electrons. The van der Waals surface area contributed by atoms with Gasteiger partial charge in [0.2, 0.25) is 0 Å². The molecule has 0 heterocycles. The van der Waals surface area contributed by atoms with Crippen molar-refractivity contribution in [3.8, 4) is 0 Å². The topological polar surface area (TPSA) is 41.6 Å². The molecule has 0 radical (unpaired) electrons. The van der Waals surface area contributed by atoms with Gasteiger partial charge in [-0.2, -0.15) is 0 Å². The Morgan fingerprint density at radius 2 is 2.16 bits per heavy atom. The number of nitrogens with zero attached hydrogens (tertiary/aromatic N) is 1. The molecule has 0 saturated heterocycles. The van der Waals surface area contributed by atoms with E-state index < -0.39 is 0 Å². The van der Waals surface area contributed by atoms with Crippen LogP contribution >= 0.6 is 0 Å². The van der Waals surface area contributed by atoms with Gasteiger partial charge in [0.15, 0.2) is 0 Å². The largest absolute Gasteiger partial charge is 0.387 e. The van der Waals surface area contributed by atoms with Crippen LogP contribution < -0.4 is 5.32 Å². The zero-order chi connectivity index (χ0) is 13.7. The van der Waals surface area contributed by atoms with E-state index in [9.17, 15) is 4.79 Å². The number of hydrogen-bond donors (Lipinski definition) is 1. The first kappa shape index (κ1) is 13.9. The van der Waals surface area contributed by atoms with Gasteiger partial charge < -0.3 is 15.0 Å². The molecule has 0 unspecified atom stereocenters. The molecule has 1 aliphatic carbocycles.